The Morgan fingerprint density at radius 2 is 1.88 bits per heavy atom. The molecule has 1 N–H and O–H groups in total. The Bertz CT molecular complexity index is 686. The van der Waals surface area contributed by atoms with Gasteiger partial charge in [-0.25, -0.2) is 5.43 Å². The van der Waals surface area contributed by atoms with Gasteiger partial charge >= 0.3 is 0 Å². The van der Waals surface area contributed by atoms with Crippen molar-refractivity contribution in [2.75, 3.05) is 25.1 Å². The number of amides is 1. The average molecular weight is 339 g/mol. The molecule has 0 aliphatic carbocycles. The number of nitrogens with one attached hydrogen (secondary N) is 1. The molecular weight excluding hydrogens is 314 g/mol. The molecule has 0 aromatic heterocycles. The maximum Gasteiger partial charge on any atom is 0.259 e. The first-order valence-corrected chi connectivity index (χ1v) is 8.50. The van der Waals surface area contributed by atoms with E-state index in [4.69, 9.17) is 4.74 Å². The van der Waals surface area contributed by atoms with Crippen LogP contribution in [0.25, 0.3) is 0 Å². The summed E-state index contributed by atoms with van der Waals surface area (Å²) in [6.45, 7) is 3.03. The second-order valence-corrected chi connectivity index (χ2v) is 5.72. The first-order valence-electron chi connectivity index (χ1n) is 8.50. The third kappa shape index (κ3) is 6.30. The molecule has 2 aromatic rings. The lowest BCUT2D eigenvalue weighted by Gasteiger charge is -2.17. The molecule has 0 fully saturated rings. The molecule has 1 amide bonds. The topological polar surface area (TPSA) is 53.9 Å². The Kier molecular flexibility index (Phi) is 7.50. The Morgan fingerprint density at radius 3 is 2.64 bits per heavy atom. The zero-order chi connectivity index (χ0) is 17.9. The minimum Gasteiger partial charge on any atom is -0.493 e. The molecule has 0 spiro atoms. The van der Waals surface area contributed by atoms with Crippen LogP contribution in [0.4, 0.5) is 5.69 Å². The van der Waals surface area contributed by atoms with Gasteiger partial charge in [-0.15, -0.1) is 0 Å². The average Bonchev–Trinajstić information content (AvgIpc) is 2.64. The largest absolute Gasteiger partial charge is 0.493 e. The van der Waals surface area contributed by atoms with Crippen molar-refractivity contribution >= 4 is 17.8 Å². The van der Waals surface area contributed by atoms with Crippen molar-refractivity contribution < 1.29 is 9.53 Å². The van der Waals surface area contributed by atoms with Gasteiger partial charge in [0, 0.05) is 18.3 Å². The second kappa shape index (κ2) is 10.1. The molecule has 5 nitrogen and oxygen atoms in total. The summed E-state index contributed by atoms with van der Waals surface area (Å²) >= 11 is 0. The maximum atomic E-state index is 12.0. The molecular formula is C20H25N3O2. The fourth-order valence-corrected chi connectivity index (χ4v) is 2.24. The lowest BCUT2D eigenvalue weighted by atomic mass is 10.2. The van der Waals surface area contributed by atoms with Gasteiger partial charge in [-0.05, 0) is 30.7 Å². The van der Waals surface area contributed by atoms with Crippen molar-refractivity contribution in [3.63, 3.8) is 0 Å². The summed E-state index contributed by atoms with van der Waals surface area (Å²) < 4.78 is 5.75. The lowest BCUT2D eigenvalue weighted by molar-refractivity contribution is -0.119. The van der Waals surface area contributed by atoms with Gasteiger partial charge in [0.2, 0.25) is 0 Å². The molecule has 0 unspecified atom stereocenters. The number of anilines is 1. The van der Waals surface area contributed by atoms with E-state index in [0.717, 1.165) is 29.8 Å². The molecule has 0 aliphatic heterocycles. The van der Waals surface area contributed by atoms with Crippen molar-refractivity contribution in [3.8, 4) is 5.75 Å². The number of hydrazone groups is 1. The van der Waals surface area contributed by atoms with Gasteiger partial charge in [0.15, 0.2) is 0 Å². The molecule has 0 aliphatic rings. The number of para-hydroxylation sites is 2. The number of hydrogen-bond donors (Lipinski definition) is 1. The van der Waals surface area contributed by atoms with Crippen molar-refractivity contribution in [1.82, 2.24) is 5.43 Å². The Morgan fingerprint density at radius 1 is 1.16 bits per heavy atom. The molecule has 132 valence electrons. The molecule has 2 aromatic carbocycles. The summed E-state index contributed by atoms with van der Waals surface area (Å²) in [7, 11) is 1.87. The highest BCUT2D eigenvalue weighted by molar-refractivity contribution is 5.86. The van der Waals surface area contributed by atoms with E-state index in [9.17, 15) is 4.79 Å². The lowest BCUT2D eigenvalue weighted by Crippen LogP contribution is -2.32. The summed E-state index contributed by atoms with van der Waals surface area (Å²) in [5.74, 6) is 0.599. The van der Waals surface area contributed by atoms with Gasteiger partial charge in [-0.2, -0.15) is 5.10 Å². The van der Waals surface area contributed by atoms with Gasteiger partial charge in [-0.3, -0.25) is 4.79 Å². The van der Waals surface area contributed by atoms with E-state index < -0.39 is 0 Å². The SMILES string of the molecule is CCCCOc1ccccc1C=NNC(=O)CN(C)c1ccccc1. The monoisotopic (exact) mass is 339 g/mol. The second-order valence-electron chi connectivity index (χ2n) is 5.72. The highest BCUT2D eigenvalue weighted by atomic mass is 16.5. The third-order valence-electron chi connectivity index (χ3n) is 3.65. The molecule has 0 bridgehead atoms. The number of benzene rings is 2. The summed E-state index contributed by atoms with van der Waals surface area (Å²) in [5.41, 5.74) is 4.39. The van der Waals surface area contributed by atoms with E-state index in [2.05, 4.69) is 17.5 Å². The molecule has 0 saturated carbocycles. The number of carbonyl (C=O) groups is 1. The summed E-state index contributed by atoms with van der Waals surface area (Å²) in [6.07, 6.45) is 3.71. The van der Waals surface area contributed by atoms with E-state index in [0.29, 0.717) is 6.61 Å². The smallest absolute Gasteiger partial charge is 0.259 e. The quantitative estimate of drug-likeness (QED) is 0.432. The zero-order valence-electron chi connectivity index (χ0n) is 14.8. The van der Waals surface area contributed by atoms with Crippen LogP contribution in [-0.2, 0) is 4.79 Å². The van der Waals surface area contributed by atoms with E-state index in [1.807, 2.05) is 66.5 Å². The molecule has 0 saturated heterocycles. The number of likely N-dealkylation sites (N-methyl/N-ethyl adjacent to an activating group) is 1. The van der Waals surface area contributed by atoms with E-state index in [1.54, 1.807) is 6.21 Å². The molecule has 25 heavy (non-hydrogen) atoms. The van der Waals surface area contributed by atoms with E-state index >= 15 is 0 Å². The Labute approximate surface area is 149 Å². The number of nitrogens with zero attached hydrogens (tertiary/aromatic N) is 2. The van der Waals surface area contributed by atoms with Crippen LogP contribution in [0.5, 0.6) is 5.75 Å². The first-order chi connectivity index (χ1) is 12.2. The number of carbonyl (C=O) groups excluding carboxylic acids is 1. The highest BCUT2D eigenvalue weighted by Gasteiger charge is 2.06. The third-order valence-corrected chi connectivity index (χ3v) is 3.65. The zero-order valence-corrected chi connectivity index (χ0v) is 14.8. The van der Waals surface area contributed by atoms with Crippen LogP contribution >= 0.6 is 0 Å². The normalized spacial score (nSPS) is 10.6. The highest BCUT2D eigenvalue weighted by Crippen LogP contribution is 2.16. The summed E-state index contributed by atoms with van der Waals surface area (Å²) in [4.78, 5) is 13.9. The number of hydrogen-bond acceptors (Lipinski definition) is 4. The van der Waals surface area contributed by atoms with Crippen molar-refractivity contribution in [3.05, 3.63) is 60.2 Å². The predicted octanol–water partition coefficient (Wildman–Crippen LogP) is 3.45. The van der Waals surface area contributed by atoms with Crippen LogP contribution < -0.4 is 15.1 Å². The van der Waals surface area contributed by atoms with Crippen molar-refractivity contribution in [1.29, 1.82) is 0 Å². The molecule has 2 rings (SSSR count). The van der Waals surface area contributed by atoms with Crippen LogP contribution in [-0.4, -0.2) is 32.3 Å². The fraction of sp³-hybridized carbons (Fsp3) is 0.300. The summed E-state index contributed by atoms with van der Waals surface area (Å²) in [5, 5.41) is 4.05. The fourth-order valence-electron chi connectivity index (χ4n) is 2.24. The van der Waals surface area contributed by atoms with Gasteiger partial charge < -0.3 is 9.64 Å². The van der Waals surface area contributed by atoms with E-state index in [1.165, 1.54) is 0 Å². The van der Waals surface area contributed by atoms with Crippen LogP contribution in [0, 0.1) is 0 Å². The minimum absolute atomic E-state index is 0.174. The number of rotatable bonds is 9. The van der Waals surface area contributed by atoms with Gasteiger partial charge in [0.25, 0.3) is 5.91 Å². The van der Waals surface area contributed by atoms with Crippen LogP contribution in [0.15, 0.2) is 59.7 Å². The summed E-state index contributed by atoms with van der Waals surface area (Å²) in [6, 6.07) is 17.4. The van der Waals surface area contributed by atoms with Crippen LogP contribution in [0.3, 0.4) is 0 Å². The maximum absolute atomic E-state index is 12.0. The Balaban J connectivity index is 1.87. The van der Waals surface area contributed by atoms with Crippen LogP contribution in [0.1, 0.15) is 25.3 Å². The number of ether oxygens (including phenoxy) is 1. The predicted molar refractivity (Wildman–Crippen MR) is 102 cm³/mol. The molecule has 0 radical (unpaired) electrons. The molecule has 0 heterocycles. The number of unbranched alkanes of at least 4 members (excludes halogenated alkanes) is 1. The van der Waals surface area contributed by atoms with Gasteiger partial charge in [-0.1, -0.05) is 43.7 Å². The first kappa shape index (κ1) is 18.5. The Hall–Kier alpha value is -2.82. The standard InChI is InChI=1S/C20H25N3O2/c1-3-4-14-25-19-13-9-8-10-17(19)15-21-22-20(24)16-23(2)18-11-6-5-7-12-18/h5-13,15H,3-4,14,16H2,1-2H3,(H,22,24). The van der Waals surface area contributed by atoms with E-state index in [-0.39, 0.29) is 12.5 Å². The van der Waals surface area contributed by atoms with Crippen molar-refractivity contribution in [2.45, 2.75) is 19.8 Å². The van der Waals surface area contributed by atoms with Crippen LogP contribution in [0.2, 0.25) is 0 Å². The molecule has 0 atom stereocenters. The molecule has 5 heteroatoms. The van der Waals surface area contributed by atoms with Crippen molar-refractivity contribution in [2.24, 2.45) is 5.10 Å². The van der Waals surface area contributed by atoms with Gasteiger partial charge in [0.1, 0.15) is 5.75 Å². The van der Waals surface area contributed by atoms with Gasteiger partial charge in [0.05, 0.1) is 19.4 Å². The minimum atomic E-state index is -0.174.